The Morgan fingerprint density at radius 3 is 2.79 bits per heavy atom. The lowest BCUT2D eigenvalue weighted by atomic mass is 9.91. The highest BCUT2D eigenvalue weighted by Crippen LogP contribution is 2.38. The van der Waals surface area contributed by atoms with Crippen molar-refractivity contribution in [3.8, 4) is 10.6 Å². The maximum atomic E-state index is 11.3. The van der Waals surface area contributed by atoms with E-state index in [2.05, 4.69) is 20.9 Å². The number of nitrogens with zero attached hydrogens (tertiary/aromatic N) is 1. The van der Waals surface area contributed by atoms with Crippen LogP contribution in [0.4, 0.5) is 0 Å². The average Bonchev–Trinajstić information content (AvgIpc) is 2.82. The summed E-state index contributed by atoms with van der Waals surface area (Å²) in [6, 6.07) is 7.96. The molecule has 1 atom stereocenters. The summed E-state index contributed by atoms with van der Waals surface area (Å²) in [5.41, 5.74) is 1.83. The van der Waals surface area contributed by atoms with Crippen LogP contribution in [0.3, 0.4) is 0 Å². The lowest BCUT2D eigenvalue weighted by molar-refractivity contribution is -0.139. The van der Waals surface area contributed by atoms with Crippen LogP contribution in [-0.4, -0.2) is 16.1 Å². The van der Waals surface area contributed by atoms with Crippen molar-refractivity contribution < 1.29 is 9.90 Å². The molecule has 5 heteroatoms. The van der Waals surface area contributed by atoms with Gasteiger partial charge in [0.1, 0.15) is 5.01 Å². The average molecular weight is 338 g/mol. The number of aromatic nitrogens is 1. The molecule has 0 spiro atoms. The SMILES string of the molecule is O=C(O)C1CCCc2sc(-c3ccc(Br)cc3)nc21. The fourth-order valence-electron chi connectivity index (χ4n) is 2.37. The zero-order valence-electron chi connectivity index (χ0n) is 10.1. The topological polar surface area (TPSA) is 50.2 Å². The van der Waals surface area contributed by atoms with E-state index in [1.807, 2.05) is 24.3 Å². The molecule has 1 aromatic carbocycles. The molecule has 2 aromatic rings. The van der Waals surface area contributed by atoms with Crippen molar-refractivity contribution in [1.82, 2.24) is 4.98 Å². The summed E-state index contributed by atoms with van der Waals surface area (Å²) in [6.07, 6.45) is 2.59. The van der Waals surface area contributed by atoms with Crippen molar-refractivity contribution in [2.75, 3.05) is 0 Å². The highest BCUT2D eigenvalue weighted by molar-refractivity contribution is 9.10. The molecule has 1 aliphatic rings. The summed E-state index contributed by atoms with van der Waals surface area (Å²) >= 11 is 5.03. The molecule has 0 bridgehead atoms. The zero-order chi connectivity index (χ0) is 13.4. The van der Waals surface area contributed by atoms with Crippen LogP contribution in [0.2, 0.25) is 0 Å². The second kappa shape index (κ2) is 5.06. The van der Waals surface area contributed by atoms with Crippen LogP contribution >= 0.6 is 27.3 Å². The van der Waals surface area contributed by atoms with Crippen LogP contribution in [-0.2, 0) is 11.2 Å². The number of aryl methyl sites for hydroxylation is 1. The first-order valence-electron chi connectivity index (χ1n) is 6.13. The number of aliphatic carboxylic acids is 1. The summed E-state index contributed by atoms with van der Waals surface area (Å²) in [7, 11) is 0. The largest absolute Gasteiger partial charge is 0.481 e. The Balaban J connectivity index is 2.02. The molecule has 0 aliphatic heterocycles. The van der Waals surface area contributed by atoms with E-state index in [0.29, 0.717) is 6.42 Å². The molecule has 0 fully saturated rings. The van der Waals surface area contributed by atoms with Gasteiger partial charge >= 0.3 is 5.97 Å². The molecule has 1 N–H and O–H groups in total. The molecule has 0 amide bonds. The van der Waals surface area contributed by atoms with E-state index in [0.717, 1.165) is 38.5 Å². The fraction of sp³-hybridized carbons (Fsp3) is 0.286. The monoisotopic (exact) mass is 337 g/mol. The van der Waals surface area contributed by atoms with Crippen LogP contribution in [0.25, 0.3) is 10.6 Å². The van der Waals surface area contributed by atoms with Gasteiger partial charge in [-0.2, -0.15) is 0 Å². The summed E-state index contributed by atoms with van der Waals surface area (Å²) < 4.78 is 1.03. The molecule has 3 nitrogen and oxygen atoms in total. The Bertz CT molecular complexity index is 621. The molecule has 0 radical (unpaired) electrons. The lowest BCUT2D eigenvalue weighted by Gasteiger charge is -2.16. The number of carboxylic acids is 1. The van der Waals surface area contributed by atoms with Gasteiger partial charge in [0.15, 0.2) is 0 Å². The Labute approximate surface area is 123 Å². The molecule has 1 heterocycles. The van der Waals surface area contributed by atoms with Gasteiger partial charge in [-0.15, -0.1) is 11.3 Å². The highest BCUT2D eigenvalue weighted by Gasteiger charge is 2.30. The second-order valence-electron chi connectivity index (χ2n) is 4.62. The van der Waals surface area contributed by atoms with Crippen LogP contribution in [0, 0.1) is 0 Å². The molecule has 0 saturated carbocycles. The number of hydrogen-bond donors (Lipinski definition) is 1. The van der Waals surface area contributed by atoms with E-state index in [1.165, 1.54) is 0 Å². The standard InChI is InChI=1S/C14H12BrNO2S/c15-9-6-4-8(5-7-9)13-16-12-10(14(17)18)2-1-3-11(12)19-13/h4-7,10H,1-3H2,(H,17,18). The van der Waals surface area contributed by atoms with Crippen LogP contribution < -0.4 is 0 Å². The van der Waals surface area contributed by atoms with E-state index in [4.69, 9.17) is 0 Å². The third-order valence-corrected chi connectivity index (χ3v) is 5.05. The van der Waals surface area contributed by atoms with Crippen molar-refractivity contribution in [1.29, 1.82) is 0 Å². The van der Waals surface area contributed by atoms with E-state index in [1.54, 1.807) is 11.3 Å². The van der Waals surface area contributed by atoms with Crippen LogP contribution in [0.1, 0.15) is 29.3 Å². The number of fused-ring (bicyclic) bond motifs is 1. The third-order valence-electron chi connectivity index (χ3n) is 3.34. The third kappa shape index (κ3) is 2.44. The molecule has 1 aromatic heterocycles. The number of thiazole rings is 1. The number of hydrogen-bond acceptors (Lipinski definition) is 3. The van der Waals surface area contributed by atoms with Gasteiger partial charge in [0, 0.05) is 14.9 Å². The minimum Gasteiger partial charge on any atom is -0.481 e. The molecule has 98 valence electrons. The number of halogens is 1. The number of carbonyl (C=O) groups is 1. The lowest BCUT2D eigenvalue weighted by Crippen LogP contribution is -2.17. The zero-order valence-corrected chi connectivity index (χ0v) is 12.5. The van der Waals surface area contributed by atoms with Crippen LogP contribution in [0.15, 0.2) is 28.7 Å². The van der Waals surface area contributed by atoms with Gasteiger partial charge in [-0.05, 0) is 31.4 Å². The van der Waals surface area contributed by atoms with Crippen LogP contribution in [0.5, 0.6) is 0 Å². The van der Waals surface area contributed by atoms with Gasteiger partial charge < -0.3 is 5.11 Å². The predicted molar refractivity (Wildman–Crippen MR) is 78.6 cm³/mol. The Morgan fingerprint density at radius 2 is 2.11 bits per heavy atom. The van der Waals surface area contributed by atoms with E-state index >= 15 is 0 Å². The van der Waals surface area contributed by atoms with Gasteiger partial charge in [-0.25, -0.2) is 4.98 Å². The summed E-state index contributed by atoms with van der Waals surface area (Å²) in [5, 5.41) is 10.2. The summed E-state index contributed by atoms with van der Waals surface area (Å²) in [6.45, 7) is 0. The van der Waals surface area contributed by atoms with Gasteiger partial charge in [0.25, 0.3) is 0 Å². The normalized spacial score (nSPS) is 18.1. The first-order valence-corrected chi connectivity index (χ1v) is 7.74. The second-order valence-corrected chi connectivity index (χ2v) is 6.62. The smallest absolute Gasteiger partial charge is 0.312 e. The fourth-order valence-corrected chi connectivity index (χ4v) is 3.81. The van der Waals surface area contributed by atoms with Crippen molar-refractivity contribution >= 4 is 33.2 Å². The minimum absolute atomic E-state index is 0.427. The quantitative estimate of drug-likeness (QED) is 0.898. The number of benzene rings is 1. The van der Waals surface area contributed by atoms with E-state index < -0.39 is 11.9 Å². The van der Waals surface area contributed by atoms with Gasteiger partial charge in [0.2, 0.25) is 0 Å². The van der Waals surface area contributed by atoms with Gasteiger partial charge in [-0.1, -0.05) is 28.1 Å². The molecular weight excluding hydrogens is 326 g/mol. The summed E-state index contributed by atoms with van der Waals surface area (Å²) in [5.74, 6) is -1.18. The molecule has 1 unspecified atom stereocenters. The first-order chi connectivity index (χ1) is 9.15. The number of carboxylic acid groups (broad SMARTS) is 1. The maximum Gasteiger partial charge on any atom is 0.312 e. The van der Waals surface area contributed by atoms with Crippen molar-refractivity contribution in [3.05, 3.63) is 39.3 Å². The van der Waals surface area contributed by atoms with Gasteiger partial charge in [-0.3, -0.25) is 4.79 Å². The molecule has 19 heavy (non-hydrogen) atoms. The van der Waals surface area contributed by atoms with Crippen molar-refractivity contribution in [2.45, 2.75) is 25.2 Å². The Kier molecular flexibility index (Phi) is 3.41. The van der Waals surface area contributed by atoms with Gasteiger partial charge in [0.05, 0.1) is 11.6 Å². The van der Waals surface area contributed by atoms with E-state index in [9.17, 15) is 9.90 Å². The molecule has 1 aliphatic carbocycles. The van der Waals surface area contributed by atoms with Crippen molar-refractivity contribution in [3.63, 3.8) is 0 Å². The van der Waals surface area contributed by atoms with Crippen molar-refractivity contribution in [2.24, 2.45) is 0 Å². The minimum atomic E-state index is -0.756. The first kappa shape index (κ1) is 12.8. The predicted octanol–water partition coefficient (Wildman–Crippen LogP) is 4.08. The maximum absolute atomic E-state index is 11.3. The molecular formula is C14H12BrNO2S. The summed E-state index contributed by atoms with van der Waals surface area (Å²) in [4.78, 5) is 17.0. The number of rotatable bonds is 2. The highest BCUT2D eigenvalue weighted by atomic mass is 79.9. The Morgan fingerprint density at radius 1 is 1.37 bits per heavy atom. The Hall–Kier alpha value is -1.20. The molecule has 3 rings (SSSR count). The molecule has 0 saturated heterocycles. The van der Waals surface area contributed by atoms with E-state index in [-0.39, 0.29) is 0 Å².